The fourth-order valence-electron chi connectivity index (χ4n) is 1.66. The minimum Gasteiger partial charge on any atom is -0.385 e. The predicted octanol–water partition coefficient (Wildman–Crippen LogP) is 3.14. The predicted molar refractivity (Wildman–Crippen MR) is 76.9 cm³/mol. The lowest BCUT2D eigenvalue weighted by molar-refractivity contribution is -0.120. The first-order chi connectivity index (χ1) is 8.63. The number of anilines is 1. The zero-order valence-corrected chi connectivity index (χ0v) is 11.6. The van der Waals surface area contributed by atoms with E-state index in [-0.39, 0.29) is 5.91 Å². The van der Waals surface area contributed by atoms with E-state index in [0.29, 0.717) is 18.9 Å². The zero-order valence-electron chi connectivity index (χ0n) is 11.6. The summed E-state index contributed by atoms with van der Waals surface area (Å²) in [4.78, 5) is 11.4. The van der Waals surface area contributed by atoms with E-state index in [1.807, 2.05) is 0 Å². The summed E-state index contributed by atoms with van der Waals surface area (Å²) in [7, 11) is 0. The molecular weight excluding hydrogens is 224 g/mol. The highest BCUT2D eigenvalue weighted by Gasteiger charge is 2.01. The molecule has 3 heteroatoms. The molecule has 0 saturated heterocycles. The van der Waals surface area contributed by atoms with Crippen molar-refractivity contribution in [2.45, 2.75) is 39.5 Å². The number of carbonyl (C=O) groups excluding carboxylic acids is 1. The van der Waals surface area contributed by atoms with Crippen LogP contribution in [0.4, 0.5) is 5.69 Å². The number of nitrogens with one attached hydrogen (secondary N) is 2. The van der Waals surface area contributed by atoms with Crippen LogP contribution in [0, 0.1) is 0 Å². The Labute approximate surface area is 110 Å². The molecule has 18 heavy (non-hydrogen) atoms. The van der Waals surface area contributed by atoms with Crippen molar-refractivity contribution in [1.29, 1.82) is 0 Å². The van der Waals surface area contributed by atoms with Crippen LogP contribution < -0.4 is 10.6 Å². The normalized spacial score (nSPS) is 10.4. The standard InChI is InChI=1S/C15H24N2O/c1-4-10-17-15(18)9-11-16-14-7-5-13(6-8-14)12(2)3/h5-8,12,16H,4,9-11H2,1-3H3,(H,17,18). The maximum atomic E-state index is 11.4. The Hall–Kier alpha value is -1.51. The van der Waals surface area contributed by atoms with E-state index in [9.17, 15) is 4.79 Å². The summed E-state index contributed by atoms with van der Waals surface area (Å²) in [6.45, 7) is 7.86. The molecule has 0 radical (unpaired) electrons. The third-order valence-electron chi connectivity index (χ3n) is 2.83. The highest BCUT2D eigenvalue weighted by atomic mass is 16.1. The molecule has 0 atom stereocenters. The summed E-state index contributed by atoms with van der Waals surface area (Å²) in [6, 6.07) is 8.40. The third kappa shape index (κ3) is 5.21. The molecular formula is C15H24N2O. The maximum Gasteiger partial charge on any atom is 0.221 e. The number of hydrogen-bond donors (Lipinski definition) is 2. The van der Waals surface area contributed by atoms with Crippen LogP contribution in [0.25, 0.3) is 0 Å². The number of carbonyl (C=O) groups is 1. The Morgan fingerprint density at radius 1 is 1.17 bits per heavy atom. The minimum atomic E-state index is 0.114. The van der Waals surface area contributed by atoms with Crippen LogP contribution in [-0.2, 0) is 4.79 Å². The van der Waals surface area contributed by atoms with Crippen molar-refractivity contribution in [2.24, 2.45) is 0 Å². The third-order valence-corrected chi connectivity index (χ3v) is 2.83. The van der Waals surface area contributed by atoms with Crippen molar-refractivity contribution >= 4 is 11.6 Å². The van der Waals surface area contributed by atoms with Gasteiger partial charge in [0.15, 0.2) is 0 Å². The fourth-order valence-corrected chi connectivity index (χ4v) is 1.66. The highest BCUT2D eigenvalue weighted by Crippen LogP contribution is 2.16. The van der Waals surface area contributed by atoms with E-state index in [0.717, 1.165) is 18.7 Å². The highest BCUT2D eigenvalue weighted by molar-refractivity contribution is 5.76. The lowest BCUT2D eigenvalue weighted by Crippen LogP contribution is -2.25. The van der Waals surface area contributed by atoms with Gasteiger partial charge in [-0.2, -0.15) is 0 Å². The number of hydrogen-bond acceptors (Lipinski definition) is 2. The molecule has 0 spiro atoms. The Bertz CT molecular complexity index is 357. The summed E-state index contributed by atoms with van der Waals surface area (Å²) in [5.41, 5.74) is 2.41. The van der Waals surface area contributed by atoms with Crippen molar-refractivity contribution < 1.29 is 4.79 Å². The van der Waals surface area contributed by atoms with Gasteiger partial charge in [-0.3, -0.25) is 4.79 Å². The average Bonchev–Trinajstić information content (AvgIpc) is 2.37. The van der Waals surface area contributed by atoms with Gasteiger partial charge in [-0.15, -0.1) is 0 Å². The molecule has 0 aromatic heterocycles. The van der Waals surface area contributed by atoms with Gasteiger partial charge in [0, 0.05) is 25.2 Å². The largest absolute Gasteiger partial charge is 0.385 e. The lowest BCUT2D eigenvalue weighted by atomic mass is 10.0. The van der Waals surface area contributed by atoms with Crippen LogP contribution in [0.1, 0.15) is 45.1 Å². The molecule has 0 bridgehead atoms. The van der Waals surface area contributed by atoms with E-state index in [2.05, 4.69) is 55.7 Å². The van der Waals surface area contributed by atoms with Crippen molar-refractivity contribution in [1.82, 2.24) is 5.32 Å². The van der Waals surface area contributed by atoms with Gasteiger partial charge in [0.25, 0.3) is 0 Å². The van der Waals surface area contributed by atoms with Crippen LogP contribution in [0.15, 0.2) is 24.3 Å². The Balaban J connectivity index is 2.29. The van der Waals surface area contributed by atoms with E-state index in [4.69, 9.17) is 0 Å². The molecule has 1 aromatic rings. The number of rotatable bonds is 7. The maximum absolute atomic E-state index is 11.4. The molecule has 2 N–H and O–H groups in total. The molecule has 0 fully saturated rings. The SMILES string of the molecule is CCCNC(=O)CCNc1ccc(C(C)C)cc1. The van der Waals surface area contributed by atoms with Crippen molar-refractivity contribution in [3.05, 3.63) is 29.8 Å². The van der Waals surface area contributed by atoms with Gasteiger partial charge in [-0.25, -0.2) is 0 Å². The molecule has 0 heterocycles. The average molecular weight is 248 g/mol. The smallest absolute Gasteiger partial charge is 0.221 e. The van der Waals surface area contributed by atoms with E-state index in [1.165, 1.54) is 5.56 Å². The summed E-state index contributed by atoms with van der Waals surface area (Å²) >= 11 is 0. The lowest BCUT2D eigenvalue weighted by Gasteiger charge is -2.09. The van der Waals surface area contributed by atoms with Gasteiger partial charge in [-0.05, 0) is 30.0 Å². The van der Waals surface area contributed by atoms with Crippen molar-refractivity contribution in [2.75, 3.05) is 18.4 Å². The van der Waals surface area contributed by atoms with Crippen LogP contribution in [0.3, 0.4) is 0 Å². The second-order valence-corrected chi connectivity index (χ2v) is 4.80. The monoisotopic (exact) mass is 248 g/mol. The van der Waals surface area contributed by atoms with Crippen molar-refractivity contribution in [3.8, 4) is 0 Å². The van der Waals surface area contributed by atoms with Gasteiger partial charge < -0.3 is 10.6 Å². The second kappa shape index (κ2) is 7.75. The molecule has 0 aliphatic carbocycles. The van der Waals surface area contributed by atoms with Crippen LogP contribution in [0.5, 0.6) is 0 Å². The van der Waals surface area contributed by atoms with Crippen LogP contribution in [0.2, 0.25) is 0 Å². The first-order valence-electron chi connectivity index (χ1n) is 6.74. The summed E-state index contributed by atoms with van der Waals surface area (Å²) in [6.07, 6.45) is 1.50. The first kappa shape index (κ1) is 14.6. The Kier molecular flexibility index (Phi) is 6.26. The van der Waals surface area contributed by atoms with Crippen LogP contribution in [-0.4, -0.2) is 19.0 Å². The molecule has 0 saturated carbocycles. The van der Waals surface area contributed by atoms with Gasteiger partial charge in [0.05, 0.1) is 0 Å². The summed E-state index contributed by atoms with van der Waals surface area (Å²) in [5.74, 6) is 0.669. The second-order valence-electron chi connectivity index (χ2n) is 4.80. The molecule has 100 valence electrons. The summed E-state index contributed by atoms with van der Waals surface area (Å²) < 4.78 is 0. The quantitative estimate of drug-likeness (QED) is 0.778. The minimum absolute atomic E-state index is 0.114. The zero-order chi connectivity index (χ0) is 13.4. The molecule has 3 nitrogen and oxygen atoms in total. The van der Waals surface area contributed by atoms with E-state index in [1.54, 1.807) is 0 Å². The van der Waals surface area contributed by atoms with Gasteiger partial charge in [0.2, 0.25) is 5.91 Å². The summed E-state index contributed by atoms with van der Waals surface area (Å²) in [5, 5.41) is 6.12. The van der Waals surface area contributed by atoms with Gasteiger partial charge >= 0.3 is 0 Å². The van der Waals surface area contributed by atoms with Gasteiger partial charge in [-0.1, -0.05) is 32.9 Å². The number of benzene rings is 1. The molecule has 0 aliphatic heterocycles. The fraction of sp³-hybridized carbons (Fsp3) is 0.533. The Morgan fingerprint density at radius 2 is 1.83 bits per heavy atom. The molecule has 1 rings (SSSR count). The molecule has 0 aliphatic rings. The van der Waals surface area contributed by atoms with Crippen molar-refractivity contribution in [3.63, 3.8) is 0 Å². The molecule has 1 amide bonds. The first-order valence-corrected chi connectivity index (χ1v) is 6.74. The molecule has 0 unspecified atom stereocenters. The van der Waals surface area contributed by atoms with E-state index < -0.39 is 0 Å². The number of amides is 1. The van der Waals surface area contributed by atoms with Gasteiger partial charge in [0.1, 0.15) is 0 Å². The topological polar surface area (TPSA) is 41.1 Å². The van der Waals surface area contributed by atoms with Crippen LogP contribution >= 0.6 is 0 Å². The molecule has 1 aromatic carbocycles. The van der Waals surface area contributed by atoms with E-state index >= 15 is 0 Å². The Morgan fingerprint density at radius 3 is 2.39 bits per heavy atom.